The van der Waals surface area contributed by atoms with Crippen LogP contribution in [-0.4, -0.2) is 16.1 Å². The van der Waals surface area contributed by atoms with Crippen molar-refractivity contribution < 1.29 is 4.79 Å². The van der Waals surface area contributed by atoms with Gasteiger partial charge >= 0.3 is 0 Å². The number of thiophene rings is 1. The molecule has 0 saturated heterocycles. The molecule has 0 aliphatic heterocycles. The average Bonchev–Trinajstić information content (AvgIpc) is 3.22. The van der Waals surface area contributed by atoms with Crippen molar-refractivity contribution in [1.82, 2.24) is 10.2 Å². The van der Waals surface area contributed by atoms with E-state index in [1.165, 1.54) is 55.4 Å². The highest BCUT2D eigenvalue weighted by Crippen LogP contribution is 2.35. The van der Waals surface area contributed by atoms with E-state index in [2.05, 4.69) is 15.5 Å². The van der Waals surface area contributed by atoms with E-state index in [1.807, 2.05) is 5.38 Å². The van der Waals surface area contributed by atoms with Crippen LogP contribution in [0.15, 0.2) is 5.38 Å². The summed E-state index contributed by atoms with van der Waals surface area (Å²) in [5.74, 6) is 0.525. The SMILES string of the molecule is O=C(Nc1nnc(C2CCCCC2)s1)c1csc2c1CCCC2. The van der Waals surface area contributed by atoms with E-state index < -0.39 is 0 Å². The Hall–Kier alpha value is -1.27. The van der Waals surface area contributed by atoms with Gasteiger partial charge in [0, 0.05) is 16.2 Å². The van der Waals surface area contributed by atoms with E-state index in [9.17, 15) is 4.79 Å². The molecule has 0 bridgehead atoms. The smallest absolute Gasteiger partial charge is 0.258 e. The summed E-state index contributed by atoms with van der Waals surface area (Å²) in [4.78, 5) is 14.0. The van der Waals surface area contributed by atoms with E-state index in [-0.39, 0.29) is 5.91 Å². The second-order valence-corrected chi connectivity index (χ2v) is 8.47. The number of nitrogens with one attached hydrogen (secondary N) is 1. The number of carbonyl (C=O) groups excluding carboxylic acids is 1. The number of aromatic nitrogens is 2. The van der Waals surface area contributed by atoms with Crippen LogP contribution in [0, 0.1) is 0 Å². The van der Waals surface area contributed by atoms with Gasteiger partial charge in [0.15, 0.2) is 0 Å². The zero-order valence-electron chi connectivity index (χ0n) is 13.1. The Kier molecular flexibility index (Phi) is 4.44. The largest absolute Gasteiger partial charge is 0.296 e. The molecule has 4 nitrogen and oxygen atoms in total. The number of fused-ring (bicyclic) bond motifs is 1. The third-order valence-corrected chi connectivity index (χ3v) is 7.01. The number of hydrogen-bond acceptors (Lipinski definition) is 5. The molecular formula is C17H21N3OS2. The molecular weight excluding hydrogens is 326 g/mol. The maximum absolute atomic E-state index is 12.6. The first-order valence-corrected chi connectivity index (χ1v) is 10.2. The Balaban J connectivity index is 1.46. The fraction of sp³-hybridized carbons (Fsp3) is 0.588. The molecule has 2 aromatic heterocycles. The first-order chi connectivity index (χ1) is 11.3. The number of amides is 1. The second-order valence-electron chi connectivity index (χ2n) is 6.49. The minimum absolute atomic E-state index is 0.0178. The van der Waals surface area contributed by atoms with Crippen LogP contribution in [0.1, 0.15) is 76.7 Å². The summed E-state index contributed by atoms with van der Waals surface area (Å²) in [6.45, 7) is 0. The Labute approximate surface area is 144 Å². The lowest BCUT2D eigenvalue weighted by Crippen LogP contribution is -2.14. The van der Waals surface area contributed by atoms with Gasteiger partial charge in [0.1, 0.15) is 5.01 Å². The van der Waals surface area contributed by atoms with E-state index >= 15 is 0 Å². The predicted molar refractivity (Wildman–Crippen MR) is 94.6 cm³/mol. The maximum Gasteiger partial charge on any atom is 0.258 e. The van der Waals surface area contributed by atoms with Gasteiger partial charge in [0.25, 0.3) is 5.91 Å². The van der Waals surface area contributed by atoms with Gasteiger partial charge in [-0.2, -0.15) is 0 Å². The van der Waals surface area contributed by atoms with Gasteiger partial charge in [0.05, 0.1) is 5.56 Å². The quantitative estimate of drug-likeness (QED) is 0.869. The van der Waals surface area contributed by atoms with Gasteiger partial charge < -0.3 is 0 Å². The summed E-state index contributed by atoms with van der Waals surface area (Å²) in [5.41, 5.74) is 2.11. The monoisotopic (exact) mass is 347 g/mol. The van der Waals surface area contributed by atoms with Gasteiger partial charge in [-0.1, -0.05) is 30.6 Å². The van der Waals surface area contributed by atoms with Crippen molar-refractivity contribution in [3.05, 3.63) is 26.4 Å². The topological polar surface area (TPSA) is 54.9 Å². The van der Waals surface area contributed by atoms with Crippen molar-refractivity contribution in [2.24, 2.45) is 0 Å². The summed E-state index contributed by atoms with van der Waals surface area (Å²) < 4.78 is 0. The lowest BCUT2D eigenvalue weighted by molar-refractivity contribution is 0.102. The number of rotatable bonds is 3. The zero-order valence-corrected chi connectivity index (χ0v) is 14.8. The normalized spacial score (nSPS) is 18.6. The molecule has 0 aromatic carbocycles. The predicted octanol–water partition coefficient (Wildman–Crippen LogP) is 4.78. The Morgan fingerprint density at radius 3 is 2.78 bits per heavy atom. The average molecular weight is 348 g/mol. The molecule has 2 heterocycles. The minimum atomic E-state index is -0.0178. The van der Waals surface area contributed by atoms with Crippen molar-refractivity contribution in [2.45, 2.75) is 63.7 Å². The van der Waals surface area contributed by atoms with E-state index in [0.29, 0.717) is 11.0 Å². The van der Waals surface area contributed by atoms with Crippen LogP contribution in [0.2, 0.25) is 0 Å². The number of hydrogen-bond donors (Lipinski definition) is 1. The Morgan fingerprint density at radius 1 is 1.09 bits per heavy atom. The van der Waals surface area contributed by atoms with Crippen LogP contribution in [0.5, 0.6) is 0 Å². The maximum atomic E-state index is 12.6. The minimum Gasteiger partial charge on any atom is -0.296 e. The van der Waals surface area contributed by atoms with Crippen LogP contribution >= 0.6 is 22.7 Å². The van der Waals surface area contributed by atoms with Gasteiger partial charge in [-0.3, -0.25) is 10.1 Å². The highest BCUT2D eigenvalue weighted by molar-refractivity contribution is 7.15. The lowest BCUT2D eigenvalue weighted by Gasteiger charge is -2.18. The molecule has 2 aromatic rings. The van der Waals surface area contributed by atoms with Crippen LogP contribution in [0.25, 0.3) is 0 Å². The second kappa shape index (κ2) is 6.69. The van der Waals surface area contributed by atoms with Gasteiger partial charge in [-0.15, -0.1) is 21.5 Å². The third kappa shape index (κ3) is 3.19. The molecule has 0 radical (unpaired) electrons. The van der Waals surface area contributed by atoms with E-state index in [0.717, 1.165) is 23.4 Å². The molecule has 0 spiro atoms. The van der Waals surface area contributed by atoms with Crippen LogP contribution in [0.3, 0.4) is 0 Å². The number of carbonyl (C=O) groups is 1. The fourth-order valence-electron chi connectivity index (χ4n) is 3.65. The highest BCUT2D eigenvalue weighted by Gasteiger charge is 2.23. The summed E-state index contributed by atoms with van der Waals surface area (Å²) in [6, 6.07) is 0. The molecule has 1 amide bonds. The van der Waals surface area contributed by atoms with Crippen molar-refractivity contribution in [1.29, 1.82) is 0 Å². The molecule has 122 valence electrons. The molecule has 2 aliphatic rings. The van der Waals surface area contributed by atoms with Crippen molar-refractivity contribution in [3.63, 3.8) is 0 Å². The van der Waals surface area contributed by atoms with Crippen LogP contribution < -0.4 is 5.32 Å². The highest BCUT2D eigenvalue weighted by atomic mass is 32.1. The van der Waals surface area contributed by atoms with E-state index in [1.54, 1.807) is 22.7 Å². The molecule has 0 atom stereocenters. The van der Waals surface area contributed by atoms with E-state index in [4.69, 9.17) is 0 Å². The number of nitrogens with zero attached hydrogens (tertiary/aromatic N) is 2. The molecule has 6 heteroatoms. The summed E-state index contributed by atoms with van der Waals surface area (Å²) in [5, 5.41) is 15.2. The molecule has 1 N–H and O–H groups in total. The molecule has 2 aliphatic carbocycles. The summed E-state index contributed by atoms with van der Waals surface area (Å²) in [6.07, 6.45) is 10.9. The zero-order chi connectivity index (χ0) is 15.6. The Morgan fingerprint density at radius 2 is 1.91 bits per heavy atom. The van der Waals surface area contributed by atoms with Crippen molar-refractivity contribution >= 4 is 33.7 Å². The molecule has 23 heavy (non-hydrogen) atoms. The van der Waals surface area contributed by atoms with Gasteiger partial charge in [0.2, 0.25) is 5.13 Å². The molecule has 1 saturated carbocycles. The summed E-state index contributed by atoms with van der Waals surface area (Å²) >= 11 is 3.28. The van der Waals surface area contributed by atoms with Crippen molar-refractivity contribution in [2.75, 3.05) is 5.32 Å². The fourth-order valence-corrected chi connectivity index (χ4v) is 5.68. The Bertz CT molecular complexity index is 701. The number of anilines is 1. The number of aryl methyl sites for hydroxylation is 1. The van der Waals surface area contributed by atoms with Gasteiger partial charge in [-0.05, 0) is 44.1 Å². The third-order valence-electron chi connectivity index (χ3n) is 4.92. The first kappa shape index (κ1) is 15.3. The van der Waals surface area contributed by atoms with Gasteiger partial charge in [-0.25, -0.2) is 0 Å². The summed E-state index contributed by atoms with van der Waals surface area (Å²) in [7, 11) is 0. The van der Waals surface area contributed by atoms with Crippen molar-refractivity contribution in [3.8, 4) is 0 Å². The first-order valence-electron chi connectivity index (χ1n) is 8.55. The van der Waals surface area contributed by atoms with Crippen LogP contribution in [0.4, 0.5) is 5.13 Å². The molecule has 4 rings (SSSR count). The standard InChI is InChI=1S/C17H21N3OS2/c21-15(13-10-22-14-9-5-4-8-12(13)14)18-17-20-19-16(23-17)11-6-2-1-3-7-11/h10-11H,1-9H2,(H,18,20,21). The van der Waals surface area contributed by atoms with Crippen LogP contribution in [-0.2, 0) is 12.8 Å². The molecule has 1 fully saturated rings. The molecule has 0 unspecified atom stereocenters. The lowest BCUT2D eigenvalue weighted by atomic mass is 9.90.